The van der Waals surface area contributed by atoms with Gasteiger partial charge in [-0.15, -0.1) is 0 Å². The summed E-state index contributed by atoms with van der Waals surface area (Å²) in [7, 11) is 1.82. The van der Waals surface area contributed by atoms with E-state index in [-0.39, 0.29) is 17.6 Å². The molecule has 1 heterocycles. The van der Waals surface area contributed by atoms with Crippen LogP contribution in [0.2, 0.25) is 0 Å². The van der Waals surface area contributed by atoms with Crippen LogP contribution in [0.15, 0.2) is 4.99 Å². The van der Waals surface area contributed by atoms with E-state index in [0.29, 0.717) is 0 Å². The van der Waals surface area contributed by atoms with Crippen molar-refractivity contribution >= 4 is 11.9 Å². The number of nitrogens with zero attached hydrogens (tertiary/aromatic N) is 2. The highest BCUT2D eigenvalue weighted by molar-refractivity contribution is 6.07. The number of nitrogens with one attached hydrogen (secondary N) is 1. The van der Waals surface area contributed by atoms with Crippen LogP contribution < -0.4 is 5.32 Å². The molecule has 1 fully saturated rings. The standard InChI is InChI=1S/C11H21N3O/c1-6-7-8-9(13-11(2,3)4)12-10(15)14(8)5/h8H,6-7H2,1-5H3,(H,12,13,15). The van der Waals surface area contributed by atoms with Gasteiger partial charge in [0.05, 0.1) is 11.6 Å². The van der Waals surface area contributed by atoms with Gasteiger partial charge in [-0.25, -0.2) is 4.79 Å². The Morgan fingerprint density at radius 2 is 2.07 bits per heavy atom. The van der Waals surface area contributed by atoms with Crippen LogP contribution in [0.4, 0.5) is 4.79 Å². The quantitative estimate of drug-likeness (QED) is 0.746. The molecule has 1 N–H and O–H groups in total. The van der Waals surface area contributed by atoms with Crippen molar-refractivity contribution in [2.75, 3.05) is 7.05 Å². The summed E-state index contributed by atoms with van der Waals surface area (Å²) in [5.74, 6) is 0.817. The summed E-state index contributed by atoms with van der Waals surface area (Å²) in [6.07, 6.45) is 2.01. The summed E-state index contributed by atoms with van der Waals surface area (Å²) >= 11 is 0. The third-order valence-electron chi connectivity index (χ3n) is 2.36. The first-order valence-electron chi connectivity index (χ1n) is 5.48. The molecule has 0 aromatic heterocycles. The molecule has 1 unspecified atom stereocenters. The van der Waals surface area contributed by atoms with Gasteiger partial charge in [0.15, 0.2) is 0 Å². The van der Waals surface area contributed by atoms with Crippen LogP contribution in [0, 0.1) is 0 Å². The highest BCUT2D eigenvalue weighted by Crippen LogP contribution is 2.16. The van der Waals surface area contributed by atoms with Gasteiger partial charge in [-0.3, -0.25) is 10.3 Å². The number of carbonyl (C=O) groups is 1. The third-order valence-corrected chi connectivity index (χ3v) is 2.36. The predicted molar refractivity (Wildman–Crippen MR) is 62.2 cm³/mol. The zero-order chi connectivity index (χ0) is 11.6. The van der Waals surface area contributed by atoms with Gasteiger partial charge in [0.25, 0.3) is 0 Å². The molecule has 1 aliphatic heterocycles. The smallest absolute Gasteiger partial charge is 0.317 e. The molecule has 4 heteroatoms. The number of likely N-dealkylation sites (N-methyl/N-ethyl adjacent to an activating group) is 1. The van der Waals surface area contributed by atoms with Gasteiger partial charge >= 0.3 is 6.03 Å². The molecular formula is C11H21N3O. The minimum absolute atomic E-state index is 0.0450. The molecule has 1 aliphatic rings. The van der Waals surface area contributed by atoms with Crippen LogP contribution in [0.3, 0.4) is 0 Å². The normalized spacial score (nSPS) is 24.9. The molecule has 2 amide bonds. The summed E-state index contributed by atoms with van der Waals surface area (Å²) in [6, 6.07) is 0.0816. The molecule has 4 nitrogen and oxygen atoms in total. The summed E-state index contributed by atoms with van der Waals surface area (Å²) in [4.78, 5) is 17.8. The second-order valence-electron chi connectivity index (χ2n) is 5.01. The molecule has 1 rings (SSSR count). The van der Waals surface area contributed by atoms with Crippen molar-refractivity contribution in [1.29, 1.82) is 0 Å². The highest BCUT2D eigenvalue weighted by atomic mass is 16.2. The lowest BCUT2D eigenvalue weighted by Crippen LogP contribution is -2.32. The van der Waals surface area contributed by atoms with E-state index < -0.39 is 0 Å². The second kappa shape index (κ2) is 4.21. The average Bonchev–Trinajstić information content (AvgIpc) is 2.30. The van der Waals surface area contributed by atoms with E-state index in [1.807, 2.05) is 27.8 Å². The van der Waals surface area contributed by atoms with Gasteiger partial charge in [-0.2, -0.15) is 0 Å². The van der Waals surface area contributed by atoms with Crippen molar-refractivity contribution in [3.05, 3.63) is 0 Å². The van der Waals surface area contributed by atoms with E-state index >= 15 is 0 Å². The summed E-state index contributed by atoms with van der Waals surface area (Å²) < 4.78 is 0. The molecule has 1 saturated heterocycles. The van der Waals surface area contributed by atoms with Crippen LogP contribution in [0.5, 0.6) is 0 Å². The molecule has 86 valence electrons. The number of urea groups is 1. The number of hydrogen-bond donors (Lipinski definition) is 1. The van der Waals surface area contributed by atoms with Gasteiger partial charge < -0.3 is 4.90 Å². The number of aliphatic imine (C=N–C) groups is 1. The first-order chi connectivity index (χ1) is 6.85. The molecule has 0 aromatic carbocycles. The van der Waals surface area contributed by atoms with Crippen LogP contribution in [0.1, 0.15) is 40.5 Å². The third kappa shape index (κ3) is 2.94. The zero-order valence-electron chi connectivity index (χ0n) is 10.3. The Hall–Kier alpha value is -1.06. The second-order valence-corrected chi connectivity index (χ2v) is 5.01. The van der Waals surface area contributed by atoms with Crippen molar-refractivity contribution in [2.45, 2.75) is 52.1 Å². The Kier molecular flexibility index (Phi) is 3.37. The summed E-state index contributed by atoms with van der Waals surface area (Å²) in [5.41, 5.74) is -0.139. The fourth-order valence-electron chi connectivity index (χ4n) is 1.67. The molecule has 0 bridgehead atoms. The van der Waals surface area contributed by atoms with Gasteiger partial charge in [0.1, 0.15) is 5.84 Å². The molecule has 0 aliphatic carbocycles. The van der Waals surface area contributed by atoms with E-state index in [2.05, 4.69) is 17.2 Å². The Balaban J connectivity index is 2.88. The fraction of sp³-hybridized carbons (Fsp3) is 0.818. The Morgan fingerprint density at radius 1 is 1.47 bits per heavy atom. The average molecular weight is 211 g/mol. The molecule has 1 atom stereocenters. The molecule has 0 spiro atoms. The minimum Gasteiger partial charge on any atom is -0.317 e. The number of rotatable bonds is 2. The first-order valence-corrected chi connectivity index (χ1v) is 5.48. The predicted octanol–water partition coefficient (Wildman–Crippen LogP) is 2.01. The topological polar surface area (TPSA) is 44.7 Å². The van der Waals surface area contributed by atoms with Crippen molar-refractivity contribution in [1.82, 2.24) is 10.2 Å². The summed E-state index contributed by atoms with van der Waals surface area (Å²) in [5, 5.41) is 2.83. The number of amides is 2. The minimum atomic E-state index is -0.139. The molecule has 0 aromatic rings. The molecule has 0 radical (unpaired) electrons. The maximum absolute atomic E-state index is 11.5. The van der Waals surface area contributed by atoms with Gasteiger partial charge in [0.2, 0.25) is 0 Å². The van der Waals surface area contributed by atoms with E-state index in [1.54, 1.807) is 4.90 Å². The van der Waals surface area contributed by atoms with Gasteiger partial charge in [0, 0.05) is 7.05 Å². The molecule has 15 heavy (non-hydrogen) atoms. The van der Waals surface area contributed by atoms with Crippen molar-refractivity contribution < 1.29 is 4.79 Å². The van der Waals surface area contributed by atoms with E-state index in [4.69, 9.17) is 0 Å². The number of carbonyl (C=O) groups excluding carboxylic acids is 1. The lowest BCUT2D eigenvalue weighted by Gasteiger charge is -2.19. The van der Waals surface area contributed by atoms with Crippen molar-refractivity contribution in [2.24, 2.45) is 4.99 Å². The fourth-order valence-corrected chi connectivity index (χ4v) is 1.67. The van der Waals surface area contributed by atoms with Gasteiger partial charge in [-0.05, 0) is 27.2 Å². The van der Waals surface area contributed by atoms with Crippen LogP contribution >= 0.6 is 0 Å². The maximum atomic E-state index is 11.5. The Labute approximate surface area is 91.7 Å². The molecular weight excluding hydrogens is 190 g/mol. The molecule has 0 saturated carbocycles. The van der Waals surface area contributed by atoms with Crippen LogP contribution in [0.25, 0.3) is 0 Å². The SMILES string of the molecule is CCCC1C(=NC(C)(C)C)NC(=O)N1C. The number of amidine groups is 1. The Morgan fingerprint density at radius 3 is 2.53 bits per heavy atom. The van der Waals surface area contributed by atoms with Crippen LogP contribution in [-0.2, 0) is 0 Å². The van der Waals surface area contributed by atoms with Crippen LogP contribution in [-0.4, -0.2) is 35.4 Å². The number of hydrogen-bond acceptors (Lipinski definition) is 2. The Bertz CT molecular complexity index is 278. The van der Waals surface area contributed by atoms with E-state index in [0.717, 1.165) is 18.7 Å². The largest absolute Gasteiger partial charge is 0.323 e. The van der Waals surface area contributed by atoms with Crippen molar-refractivity contribution in [3.8, 4) is 0 Å². The van der Waals surface area contributed by atoms with Crippen molar-refractivity contribution in [3.63, 3.8) is 0 Å². The van der Waals surface area contributed by atoms with Gasteiger partial charge in [-0.1, -0.05) is 13.3 Å². The first kappa shape index (κ1) is 12.0. The highest BCUT2D eigenvalue weighted by Gasteiger charge is 2.33. The monoisotopic (exact) mass is 211 g/mol. The van der Waals surface area contributed by atoms with E-state index in [9.17, 15) is 4.79 Å². The lowest BCUT2D eigenvalue weighted by molar-refractivity contribution is 0.215. The van der Waals surface area contributed by atoms with E-state index in [1.165, 1.54) is 0 Å². The lowest BCUT2D eigenvalue weighted by atomic mass is 10.1. The maximum Gasteiger partial charge on any atom is 0.323 e. The summed E-state index contributed by atoms with van der Waals surface area (Å²) in [6.45, 7) is 8.22. The zero-order valence-corrected chi connectivity index (χ0v) is 10.3.